The van der Waals surface area contributed by atoms with E-state index in [0.717, 1.165) is 30.1 Å². The molecule has 0 amide bonds. The number of ether oxygens (including phenoxy) is 1. The van der Waals surface area contributed by atoms with Crippen molar-refractivity contribution in [3.63, 3.8) is 0 Å². The average molecular weight is 261 g/mol. The van der Waals surface area contributed by atoms with Gasteiger partial charge in [0, 0.05) is 6.04 Å². The van der Waals surface area contributed by atoms with Gasteiger partial charge in [-0.05, 0) is 55.2 Å². The third kappa shape index (κ3) is 3.97. The molecule has 3 unspecified atom stereocenters. The average Bonchev–Trinajstić information content (AvgIpc) is 2.26. The van der Waals surface area contributed by atoms with Crippen LogP contribution in [0.4, 0.5) is 0 Å². The molecule has 2 rings (SSSR count). The molecular weight excluding hydrogens is 234 g/mol. The Labute approximate surface area is 117 Å². The molecular formula is C17H27NO. The van der Waals surface area contributed by atoms with Crippen LogP contribution in [0.3, 0.4) is 0 Å². The Morgan fingerprint density at radius 2 is 2.05 bits per heavy atom. The summed E-state index contributed by atoms with van der Waals surface area (Å²) >= 11 is 0. The highest BCUT2D eigenvalue weighted by atomic mass is 16.5. The quantitative estimate of drug-likeness (QED) is 0.880. The second-order valence-corrected chi connectivity index (χ2v) is 7.01. The molecule has 1 fully saturated rings. The third-order valence-corrected chi connectivity index (χ3v) is 4.03. The molecule has 0 radical (unpaired) electrons. The molecule has 0 heterocycles. The Balaban J connectivity index is 2.06. The van der Waals surface area contributed by atoms with E-state index in [0.29, 0.717) is 11.5 Å². The zero-order valence-electron chi connectivity index (χ0n) is 12.6. The fourth-order valence-corrected chi connectivity index (χ4v) is 3.41. The first kappa shape index (κ1) is 14.4. The minimum atomic E-state index is 0.0604. The van der Waals surface area contributed by atoms with E-state index in [1.807, 2.05) is 19.1 Å². The molecule has 0 saturated heterocycles. The Morgan fingerprint density at radius 1 is 1.32 bits per heavy atom. The molecule has 1 aliphatic rings. The van der Waals surface area contributed by atoms with Gasteiger partial charge in [-0.1, -0.05) is 32.9 Å². The highest BCUT2D eigenvalue weighted by Crippen LogP contribution is 2.40. The first-order chi connectivity index (χ1) is 8.85. The molecule has 0 aliphatic heterocycles. The van der Waals surface area contributed by atoms with Gasteiger partial charge >= 0.3 is 0 Å². The molecule has 1 aromatic rings. The summed E-state index contributed by atoms with van der Waals surface area (Å²) in [5.41, 5.74) is 7.45. The van der Waals surface area contributed by atoms with E-state index in [2.05, 4.69) is 32.9 Å². The lowest BCUT2D eigenvalue weighted by atomic mass is 9.71. The maximum Gasteiger partial charge on any atom is 0.120 e. The van der Waals surface area contributed by atoms with Gasteiger partial charge in [-0.15, -0.1) is 0 Å². The summed E-state index contributed by atoms with van der Waals surface area (Å²) in [7, 11) is 0. The summed E-state index contributed by atoms with van der Waals surface area (Å²) in [6, 6.07) is 8.27. The van der Waals surface area contributed by atoms with Crippen LogP contribution in [0.25, 0.3) is 0 Å². The Morgan fingerprint density at radius 3 is 2.68 bits per heavy atom. The van der Waals surface area contributed by atoms with Gasteiger partial charge in [0.2, 0.25) is 0 Å². The van der Waals surface area contributed by atoms with Gasteiger partial charge in [-0.3, -0.25) is 0 Å². The monoisotopic (exact) mass is 261 g/mol. The Bertz CT molecular complexity index is 425. The molecule has 2 nitrogen and oxygen atoms in total. The molecule has 106 valence electrons. The van der Waals surface area contributed by atoms with Crippen molar-refractivity contribution in [2.24, 2.45) is 17.1 Å². The normalized spacial score (nSPS) is 27.8. The van der Waals surface area contributed by atoms with Crippen LogP contribution in [-0.2, 0) is 0 Å². The summed E-state index contributed by atoms with van der Waals surface area (Å²) in [5.74, 6) is 1.70. The molecule has 3 atom stereocenters. The summed E-state index contributed by atoms with van der Waals surface area (Å²) in [6.07, 6.45) is 3.93. The van der Waals surface area contributed by atoms with Gasteiger partial charge < -0.3 is 10.5 Å². The van der Waals surface area contributed by atoms with Crippen LogP contribution in [0.15, 0.2) is 24.3 Å². The van der Waals surface area contributed by atoms with E-state index in [9.17, 15) is 0 Å². The van der Waals surface area contributed by atoms with Gasteiger partial charge in [0.15, 0.2) is 0 Å². The summed E-state index contributed by atoms with van der Waals surface area (Å²) in [4.78, 5) is 0. The van der Waals surface area contributed by atoms with Gasteiger partial charge in [0.25, 0.3) is 0 Å². The molecule has 2 N–H and O–H groups in total. The highest BCUT2D eigenvalue weighted by Gasteiger charge is 2.33. The number of hydrogen-bond acceptors (Lipinski definition) is 2. The van der Waals surface area contributed by atoms with Gasteiger partial charge in [0.1, 0.15) is 5.75 Å². The first-order valence-electron chi connectivity index (χ1n) is 7.38. The fourth-order valence-electron chi connectivity index (χ4n) is 3.41. The zero-order chi connectivity index (χ0) is 14.0. The lowest BCUT2D eigenvalue weighted by Gasteiger charge is -2.38. The van der Waals surface area contributed by atoms with Crippen LogP contribution in [0.1, 0.15) is 58.6 Å². The molecule has 2 heteroatoms. The van der Waals surface area contributed by atoms with Crippen LogP contribution in [0.5, 0.6) is 5.75 Å². The highest BCUT2D eigenvalue weighted by molar-refractivity contribution is 5.30. The topological polar surface area (TPSA) is 35.2 Å². The van der Waals surface area contributed by atoms with Crippen LogP contribution in [0.2, 0.25) is 0 Å². The molecule has 0 bridgehead atoms. The summed E-state index contributed by atoms with van der Waals surface area (Å²) in [5, 5.41) is 0. The van der Waals surface area contributed by atoms with Crippen LogP contribution >= 0.6 is 0 Å². The van der Waals surface area contributed by atoms with E-state index in [1.165, 1.54) is 6.42 Å². The van der Waals surface area contributed by atoms with Crippen LogP contribution in [-0.4, -0.2) is 6.10 Å². The summed E-state index contributed by atoms with van der Waals surface area (Å²) in [6.45, 7) is 9.02. The molecule has 1 aliphatic carbocycles. The van der Waals surface area contributed by atoms with Crippen molar-refractivity contribution in [3.8, 4) is 5.75 Å². The van der Waals surface area contributed by atoms with Crippen LogP contribution in [0, 0.1) is 11.3 Å². The SMILES string of the molecule is CC1CC(Oc2cccc(C(C)N)c2)CC(C)(C)C1. The van der Waals surface area contributed by atoms with E-state index in [1.54, 1.807) is 0 Å². The molecule has 1 saturated carbocycles. The molecule has 0 aromatic heterocycles. The largest absolute Gasteiger partial charge is 0.490 e. The minimum absolute atomic E-state index is 0.0604. The predicted molar refractivity (Wildman–Crippen MR) is 80.3 cm³/mol. The van der Waals surface area contributed by atoms with E-state index >= 15 is 0 Å². The fraction of sp³-hybridized carbons (Fsp3) is 0.647. The van der Waals surface area contributed by atoms with Crippen molar-refractivity contribution >= 4 is 0 Å². The van der Waals surface area contributed by atoms with Crippen molar-refractivity contribution in [2.75, 3.05) is 0 Å². The van der Waals surface area contributed by atoms with Crippen LogP contribution < -0.4 is 10.5 Å². The Hall–Kier alpha value is -1.02. The lowest BCUT2D eigenvalue weighted by molar-refractivity contribution is 0.0562. The second-order valence-electron chi connectivity index (χ2n) is 7.01. The van der Waals surface area contributed by atoms with Crippen molar-refractivity contribution in [1.29, 1.82) is 0 Å². The minimum Gasteiger partial charge on any atom is -0.490 e. The molecule has 0 spiro atoms. The summed E-state index contributed by atoms with van der Waals surface area (Å²) < 4.78 is 6.20. The van der Waals surface area contributed by atoms with Gasteiger partial charge in [0.05, 0.1) is 6.10 Å². The smallest absolute Gasteiger partial charge is 0.120 e. The van der Waals surface area contributed by atoms with Gasteiger partial charge in [-0.2, -0.15) is 0 Å². The van der Waals surface area contributed by atoms with Crippen molar-refractivity contribution in [1.82, 2.24) is 0 Å². The number of hydrogen-bond donors (Lipinski definition) is 1. The molecule has 19 heavy (non-hydrogen) atoms. The van der Waals surface area contributed by atoms with E-state index < -0.39 is 0 Å². The number of nitrogens with two attached hydrogens (primary N) is 1. The number of rotatable bonds is 3. The zero-order valence-corrected chi connectivity index (χ0v) is 12.6. The standard InChI is InChI=1S/C17H27NO/c1-12-8-16(11-17(3,4)10-12)19-15-7-5-6-14(9-15)13(2)18/h5-7,9,12-13,16H,8,10-11,18H2,1-4H3. The maximum atomic E-state index is 6.20. The van der Waals surface area contributed by atoms with E-state index in [4.69, 9.17) is 10.5 Å². The van der Waals surface area contributed by atoms with E-state index in [-0.39, 0.29) is 6.04 Å². The maximum absolute atomic E-state index is 6.20. The van der Waals surface area contributed by atoms with Crippen molar-refractivity contribution in [3.05, 3.63) is 29.8 Å². The third-order valence-electron chi connectivity index (χ3n) is 4.03. The van der Waals surface area contributed by atoms with Gasteiger partial charge in [-0.25, -0.2) is 0 Å². The molecule has 1 aromatic carbocycles. The van der Waals surface area contributed by atoms with Crippen molar-refractivity contribution < 1.29 is 4.74 Å². The predicted octanol–water partition coefficient (Wildman–Crippen LogP) is 4.30. The second kappa shape index (κ2) is 5.54. The lowest BCUT2D eigenvalue weighted by Crippen LogP contribution is -2.34. The Kier molecular flexibility index (Phi) is 4.19. The first-order valence-corrected chi connectivity index (χ1v) is 7.38. The van der Waals surface area contributed by atoms with Crippen molar-refractivity contribution in [2.45, 2.75) is 59.1 Å². The number of benzene rings is 1.